The number of aromatic nitrogens is 4. The molecule has 0 saturated carbocycles. The lowest BCUT2D eigenvalue weighted by atomic mass is 10.2. The van der Waals surface area contributed by atoms with E-state index in [1.54, 1.807) is 45.4 Å². The average Bonchev–Trinajstić information content (AvgIpc) is 3.34. The Bertz CT molecular complexity index is 1400. The van der Waals surface area contributed by atoms with E-state index in [1.807, 2.05) is 6.92 Å². The van der Waals surface area contributed by atoms with Crippen molar-refractivity contribution in [3.63, 3.8) is 0 Å². The maximum Gasteiger partial charge on any atom is 0.291 e. The second kappa shape index (κ2) is 14.4. The molecule has 14 nitrogen and oxygen atoms in total. The van der Waals surface area contributed by atoms with Gasteiger partial charge in [-0.25, -0.2) is 14.6 Å². The van der Waals surface area contributed by atoms with Crippen LogP contribution in [0.5, 0.6) is 0 Å². The van der Waals surface area contributed by atoms with Crippen LogP contribution in [-0.4, -0.2) is 71.5 Å². The molecule has 0 saturated heterocycles. The van der Waals surface area contributed by atoms with Gasteiger partial charge in [0.25, 0.3) is 5.91 Å². The number of benzene rings is 1. The molecular weight excluding hydrogens is 516 g/mol. The van der Waals surface area contributed by atoms with E-state index in [2.05, 4.69) is 47.3 Å². The number of ketones is 1. The number of Topliss-reactive ketones (excluding diaryl/α,β-unsaturated/α-hetero) is 1. The first kappa shape index (κ1) is 29.8. The van der Waals surface area contributed by atoms with Crippen LogP contribution in [0.2, 0.25) is 0 Å². The first-order chi connectivity index (χ1) is 19.2. The molecule has 1 unspecified atom stereocenters. The second-order valence-corrected chi connectivity index (χ2v) is 8.77. The fraction of sp³-hybridized carbons (Fsp3) is 0.385. The number of aryl methyl sites for hydroxylation is 1. The monoisotopic (exact) mass is 548 g/mol. The molecule has 0 aliphatic heterocycles. The van der Waals surface area contributed by atoms with Gasteiger partial charge in [0.15, 0.2) is 17.3 Å². The van der Waals surface area contributed by atoms with E-state index in [9.17, 15) is 14.9 Å². The highest BCUT2D eigenvalue weighted by atomic mass is 16.5. The first-order valence-electron chi connectivity index (χ1n) is 12.5. The largest absolute Gasteiger partial charge is 0.385 e. The summed E-state index contributed by atoms with van der Waals surface area (Å²) in [7, 11) is 3.25. The van der Waals surface area contributed by atoms with Crippen LogP contribution in [0.15, 0.2) is 40.7 Å². The fourth-order valence-electron chi connectivity index (χ4n) is 3.50. The lowest BCUT2D eigenvalue weighted by Crippen LogP contribution is -2.22. The summed E-state index contributed by atoms with van der Waals surface area (Å²) in [6, 6.07) is 8.61. The smallest absolute Gasteiger partial charge is 0.291 e. The predicted octanol–water partition coefficient (Wildman–Crippen LogP) is 3.68. The van der Waals surface area contributed by atoms with Gasteiger partial charge in [0.1, 0.15) is 17.5 Å². The molecule has 0 aliphatic carbocycles. The third-order valence-electron chi connectivity index (χ3n) is 5.38. The number of hydrogen-bond donors (Lipinski definition) is 3. The second-order valence-electron chi connectivity index (χ2n) is 8.77. The summed E-state index contributed by atoms with van der Waals surface area (Å²) in [5, 5.41) is 31.8. The third-order valence-corrected chi connectivity index (χ3v) is 5.38. The molecular formula is C26H32N10O4. The first-order valence-corrected chi connectivity index (χ1v) is 12.5. The van der Waals surface area contributed by atoms with Crippen molar-refractivity contribution in [2.45, 2.75) is 33.2 Å². The molecule has 3 rings (SSSR count). The molecule has 1 amide bonds. The Labute approximate surface area is 231 Å². The van der Waals surface area contributed by atoms with Crippen molar-refractivity contribution < 1.29 is 19.1 Å². The van der Waals surface area contributed by atoms with Crippen LogP contribution in [-0.2, 0) is 19.1 Å². The summed E-state index contributed by atoms with van der Waals surface area (Å²) in [5.74, 6) is 0.253. The van der Waals surface area contributed by atoms with Crippen molar-refractivity contribution in [1.29, 1.82) is 5.26 Å². The van der Waals surface area contributed by atoms with Crippen molar-refractivity contribution in [2.75, 3.05) is 49.9 Å². The number of amides is 1. The quantitative estimate of drug-likeness (QED) is 0.153. The number of rotatable bonds is 14. The highest BCUT2D eigenvalue weighted by Gasteiger charge is 2.17. The molecule has 0 fully saturated rings. The van der Waals surface area contributed by atoms with Crippen molar-refractivity contribution in [3.05, 3.63) is 41.9 Å². The van der Waals surface area contributed by atoms with E-state index >= 15 is 0 Å². The molecule has 0 aliphatic rings. The number of azo groups is 1. The zero-order chi connectivity index (χ0) is 29.1. The predicted molar refractivity (Wildman–Crippen MR) is 148 cm³/mol. The van der Waals surface area contributed by atoms with E-state index in [1.165, 1.54) is 17.8 Å². The van der Waals surface area contributed by atoms with Gasteiger partial charge in [-0.15, -0.1) is 15.3 Å². The van der Waals surface area contributed by atoms with Gasteiger partial charge in [0.05, 0.1) is 18.5 Å². The lowest BCUT2D eigenvalue weighted by molar-refractivity contribution is -0.133. The maximum absolute atomic E-state index is 11.6. The lowest BCUT2D eigenvalue weighted by Gasteiger charge is -2.17. The standard InChI is InChI=1S/C26H32N10O4/c1-16(15-40-5)29-25-22(24(30-18(3)31-25)28-11-6-12-39-4)33-34-23-19(13-27)14-36(35-23)21-9-7-20(8-10-21)32-26(38)17(2)37/h7-10,14,16H,6,11-12,15H2,1-5H3,(H,32,38)(H2,28,29,30,31). The van der Waals surface area contributed by atoms with Crippen LogP contribution >= 0.6 is 0 Å². The van der Waals surface area contributed by atoms with Gasteiger partial charge in [-0.05, 0) is 44.5 Å². The number of nitrogens with zero attached hydrogens (tertiary/aromatic N) is 7. The van der Waals surface area contributed by atoms with Crippen molar-refractivity contribution in [1.82, 2.24) is 19.7 Å². The minimum absolute atomic E-state index is 0.0772. The maximum atomic E-state index is 11.6. The SMILES string of the molecule is COCCCNc1nc(C)nc(NC(C)COC)c1N=Nc1nn(-c2ccc(NC(=O)C(C)=O)cc2)cc1C#N. The van der Waals surface area contributed by atoms with E-state index in [0.29, 0.717) is 54.3 Å². The van der Waals surface area contributed by atoms with Crippen LogP contribution in [0.1, 0.15) is 31.7 Å². The number of methoxy groups -OCH3 is 2. The van der Waals surface area contributed by atoms with Crippen molar-refractivity contribution in [2.24, 2.45) is 10.2 Å². The van der Waals surface area contributed by atoms with Gasteiger partial charge in [-0.1, -0.05) is 0 Å². The Kier molecular flexibility index (Phi) is 10.7. The number of nitriles is 1. The van der Waals surface area contributed by atoms with E-state index in [4.69, 9.17) is 9.47 Å². The van der Waals surface area contributed by atoms with Gasteiger partial charge < -0.3 is 25.4 Å². The van der Waals surface area contributed by atoms with Crippen LogP contribution in [0.3, 0.4) is 0 Å². The van der Waals surface area contributed by atoms with Gasteiger partial charge in [0.2, 0.25) is 11.6 Å². The summed E-state index contributed by atoms with van der Waals surface area (Å²) in [4.78, 5) is 31.8. The van der Waals surface area contributed by atoms with Gasteiger partial charge >= 0.3 is 0 Å². The van der Waals surface area contributed by atoms with Gasteiger partial charge in [-0.3, -0.25) is 9.59 Å². The molecule has 1 aromatic carbocycles. The Balaban J connectivity index is 1.93. The number of ether oxygens (including phenoxy) is 2. The van der Waals surface area contributed by atoms with Crippen LogP contribution in [0.4, 0.5) is 28.8 Å². The number of carbonyl (C=O) groups is 2. The summed E-state index contributed by atoms with van der Waals surface area (Å²) < 4.78 is 11.8. The minimum Gasteiger partial charge on any atom is -0.385 e. The molecule has 2 aromatic heterocycles. The highest BCUT2D eigenvalue weighted by Crippen LogP contribution is 2.33. The zero-order valence-corrected chi connectivity index (χ0v) is 23.1. The molecule has 40 heavy (non-hydrogen) atoms. The van der Waals surface area contributed by atoms with Crippen LogP contribution in [0.25, 0.3) is 5.69 Å². The third kappa shape index (κ3) is 8.13. The Morgan fingerprint density at radius 3 is 2.50 bits per heavy atom. The van der Waals surface area contributed by atoms with Gasteiger partial charge in [-0.2, -0.15) is 5.26 Å². The fourth-order valence-corrected chi connectivity index (χ4v) is 3.50. The van der Waals surface area contributed by atoms with Crippen molar-refractivity contribution >= 4 is 40.5 Å². The molecule has 0 radical (unpaired) electrons. The molecule has 0 spiro atoms. The Morgan fingerprint density at radius 2 is 1.85 bits per heavy atom. The number of hydrogen-bond acceptors (Lipinski definition) is 12. The molecule has 0 bridgehead atoms. The van der Waals surface area contributed by atoms with Crippen LogP contribution < -0.4 is 16.0 Å². The zero-order valence-electron chi connectivity index (χ0n) is 23.1. The Hall–Kier alpha value is -4.74. The number of carbonyl (C=O) groups excluding carboxylic acids is 2. The molecule has 2 heterocycles. The summed E-state index contributed by atoms with van der Waals surface area (Å²) in [5.41, 5.74) is 1.61. The topological polar surface area (TPSA) is 181 Å². The average molecular weight is 549 g/mol. The summed E-state index contributed by atoms with van der Waals surface area (Å²) in [6.45, 7) is 6.52. The molecule has 210 valence electrons. The number of nitrogens with one attached hydrogen (secondary N) is 3. The Morgan fingerprint density at radius 1 is 1.12 bits per heavy atom. The number of anilines is 3. The molecule has 3 N–H and O–H groups in total. The summed E-state index contributed by atoms with van der Waals surface area (Å²) >= 11 is 0. The molecule has 14 heteroatoms. The van der Waals surface area contributed by atoms with Crippen molar-refractivity contribution in [3.8, 4) is 11.8 Å². The molecule has 1 atom stereocenters. The van der Waals surface area contributed by atoms with Crippen LogP contribution in [0, 0.1) is 18.3 Å². The summed E-state index contributed by atoms with van der Waals surface area (Å²) in [6.07, 6.45) is 2.27. The highest BCUT2D eigenvalue weighted by molar-refractivity contribution is 6.39. The molecule has 3 aromatic rings. The van der Waals surface area contributed by atoms with E-state index < -0.39 is 11.7 Å². The van der Waals surface area contributed by atoms with Gasteiger partial charge in [0, 0.05) is 46.0 Å². The van der Waals surface area contributed by atoms with E-state index in [0.717, 1.165) is 6.42 Å². The van der Waals surface area contributed by atoms with E-state index in [-0.39, 0.29) is 17.4 Å². The normalized spacial score (nSPS) is 11.7. The minimum atomic E-state index is -0.709.